The molecule has 3 rings (SSSR count). The van der Waals surface area contributed by atoms with E-state index in [1.165, 1.54) is 57.9 Å². The van der Waals surface area contributed by atoms with E-state index >= 15 is 0 Å². The van der Waals surface area contributed by atoms with Crippen molar-refractivity contribution >= 4 is 18.3 Å². The molecule has 122 valence electrons. The topological polar surface area (TPSA) is 41.1 Å². The summed E-state index contributed by atoms with van der Waals surface area (Å²) >= 11 is 0. The van der Waals surface area contributed by atoms with Crippen LogP contribution in [-0.2, 0) is 4.79 Å². The fraction of sp³-hybridized carbons (Fsp3) is 0.941. The highest BCUT2D eigenvalue weighted by Crippen LogP contribution is 2.49. The van der Waals surface area contributed by atoms with Crippen LogP contribution >= 0.6 is 12.4 Å². The van der Waals surface area contributed by atoms with E-state index in [1.807, 2.05) is 0 Å². The molecule has 2 saturated carbocycles. The van der Waals surface area contributed by atoms with Crippen LogP contribution in [0, 0.1) is 23.7 Å². The summed E-state index contributed by atoms with van der Waals surface area (Å²) in [5.74, 6) is 3.08. The average molecular weight is 315 g/mol. The van der Waals surface area contributed by atoms with Crippen molar-refractivity contribution in [2.24, 2.45) is 23.7 Å². The van der Waals surface area contributed by atoms with Gasteiger partial charge in [0, 0.05) is 12.5 Å². The molecule has 1 heterocycles. The van der Waals surface area contributed by atoms with Crippen molar-refractivity contribution in [1.29, 1.82) is 0 Å². The minimum atomic E-state index is 0. The van der Waals surface area contributed by atoms with E-state index in [1.54, 1.807) is 0 Å². The van der Waals surface area contributed by atoms with Gasteiger partial charge in [0.25, 0.3) is 0 Å². The summed E-state index contributed by atoms with van der Waals surface area (Å²) < 4.78 is 0. The van der Waals surface area contributed by atoms with E-state index in [4.69, 9.17) is 0 Å². The lowest BCUT2D eigenvalue weighted by molar-refractivity contribution is -0.122. The lowest BCUT2D eigenvalue weighted by Gasteiger charge is -2.23. The molecule has 21 heavy (non-hydrogen) atoms. The molecule has 3 aliphatic rings. The van der Waals surface area contributed by atoms with Gasteiger partial charge in [-0.25, -0.2) is 0 Å². The highest BCUT2D eigenvalue weighted by molar-refractivity contribution is 5.85. The van der Waals surface area contributed by atoms with Gasteiger partial charge in [-0.2, -0.15) is 0 Å². The number of piperidine rings is 1. The second kappa shape index (κ2) is 8.38. The van der Waals surface area contributed by atoms with Crippen molar-refractivity contribution in [3.05, 3.63) is 0 Å². The Morgan fingerprint density at radius 2 is 1.90 bits per heavy atom. The number of rotatable bonds is 5. The standard InChI is InChI=1S/C17H30N2O.ClH/c20-17(19-10-8-13-5-4-9-18-12-13)16-11-15(16)14-6-2-1-3-7-14;/h13-16,18H,1-12H2,(H,19,20);1H. The first-order valence-corrected chi connectivity index (χ1v) is 8.83. The minimum Gasteiger partial charge on any atom is -0.356 e. The molecular weight excluding hydrogens is 284 g/mol. The molecule has 3 fully saturated rings. The molecule has 1 amide bonds. The fourth-order valence-electron chi connectivity index (χ4n) is 4.30. The maximum Gasteiger partial charge on any atom is 0.223 e. The molecule has 0 radical (unpaired) electrons. The van der Waals surface area contributed by atoms with E-state index in [2.05, 4.69) is 10.6 Å². The molecule has 2 aliphatic carbocycles. The minimum absolute atomic E-state index is 0. The Morgan fingerprint density at radius 3 is 2.62 bits per heavy atom. The molecule has 1 aliphatic heterocycles. The Morgan fingerprint density at radius 1 is 1.10 bits per heavy atom. The van der Waals surface area contributed by atoms with Gasteiger partial charge >= 0.3 is 0 Å². The van der Waals surface area contributed by atoms with Crippen molar-refractivity contribution in [1.82, 2.24) is 10.6 Å². The lowest BCUT2D eigenvalue weighted by Crippen LogP contribution is -2.34. The summed E-state index contributed by atoms with van der Waals surface area (Å²) in [7, 11) is 0. The third kappa shape index (κ3) is 4.85. The van der Waals surface area contributed by atoms with Gasteiger partial charge in [-0.3, -0.25) is 4.79 Å². The molecule has 3 atom stereocenters. The molecule has 0 bridgehead atoms. The summed E-state index contributed by atoms with van der Waals surface area (Å²) in [4.78, 5) is 12.2. The van der Waals surface area contributed by atoms with Crippen molar-refractivity contribution in [2.75, 3.05) is 19.6 Å². The number of carbonyl (C=O) groups excluding carboxylic acids is 1. The number of hydrogen-bond donors (Lipinski definition) is 2. The van der Waals surface area contributed by atoms with Crippen LogP contribution in [0.2, 0.25) is 0 Å². The predicted molar refractivity (Wildman–Crippen MR) is 88.6 cm³/mol. The molecule has 3 unspecified atom stereocenters. The van der Waals surface area contributed by atoms with Crippen LogP contribution < -0.4 is 10.6 Å². The first kappa shape index (κ1) is 17.1. The van der Waals surface area contributed by atoms with E-state index < -0.39 is 0 Å². The maximum atomic E-state index is 12.2. The quantitative estimate of drug-likeness (QED) is 0.818. The van der Waals surface area contributed by atoms with E-state index in [0.717, 1.165) is 37.3 Å². The Kier molecular flexibility index (Phi) is 6.81. The Hall–Kier alpha value is -0.280. The molecule has 1 saturated heterocycles. The zero-order valence-electron chi connectivity index (χ0n) is 13.1. The second-order valence-corrected chi connectivity index (χ2v) is 7.20. The van der Waals surface area contributed by atoms with Crippen LogP contribution in [0.25, 0.3) is 0 Å². The molecule has 0 aromatic carbocycles. The first-order valence-electron chi connectivity index (χ1n) is 8.83. The van der Waals surface area contributed by atoms with Gasteiger partial charge in [0.15, 0.2) is 0 Å². The summed E-state index contributed by atoms with van der Waals surface area (Å²) in [6.07, 6.45) is 11.9. The van der Waals surface area contributed by atoms with Gasteiger partial charge in [0.1, 0.15) is 0 Å². The van der Waals surface area contributed by atoms with Gasteiger partial charge in [0.05, 0.1) is 0 Å². The number of nitrogens with one attached hydrogen (secondary N) is 2. The normalized spacial score (nSPS) is 33.0. The highest BCUT2D eigenvalue weighted by atomic mass is 35.5. The van der Waals surface area contributed by atoms with Crippen molar-refractivity contribution < 1.29 is 4.79 Å². The Balaban J connectivity index is 0.00000161. The van der Waals surface area contributed by atoms with Gasteiger partial charge in [-0.05, 0) is 56.5 Å². The average Bonchev–Trinajstić information content (AvgIpc) is 3.30. The molecule has 0 aromatic rings. The fourth-order valence-corrected chi connectivity index (χ4v) is 4.30. The summed E-state index contributed by atoms with van der Waals surface area (Å²) in [5.41, 5.74) is 0. The van der Waals surface area contributed by atoms with Crippen molar-refractivity contribution in [2.45, 2.75) is 57.8 Å². The van der Waals surface area contributed by atoms with Crippen LogP contribution in [0.3, 0.4) is 0 Å². The van der Waals surface area contributed by atoms with Gasteiger partial charge in [-0.1, -0.05) is 32.1 Å². The molecular formula is C17H31ClN2O. The van der Waals surface area contributed by atoms with Crippen LogP contribution in [-0.4, -0.2) is 25.5 Å². The van der Waals surface area contributed by atoms with Crippen LogP contribution in [0.1, 0.15) is 57.8 Å². The Bertz CT molecular complexity index is 325. The summed E-state index contributed by atoms with van der Waals surface area (Å²) in [5, 5.41) is 6.64. The molecule has 0 aromatic heterocycles. The van der Waals surface area contributed by atoms with Gasteiger partial charge in [-0.15, -0.1) is 12.4 Å². The third-order valence-corrected chi connectivity index (χ3v) is 5.68. The molecule has 4 heteroatoms. The van der Waals surface area contributed by atoms with E-state index in [-0.39, 0.29) is 12.4 Å². The van der Waals surface area contributed by atoms with Crippen LogP contribution in [0.15, 0.2) is 0 Å². The SMILES string of the molecule is Cl.O=C(NCCC1CCCNC1)C1CC1C1CCCCC1. The number of hydrogen-bond acceptors (Lipinski definition) is 2. The first-order chi connectivity index (χ1) is 9.84. The number of carbonyl (C=O) groups is 1. The lowest BCUT2D eigenvalue weighted by atomic mass is 9.85. The van der Waals surface area contributed by atoms with Crippen molar-refractivity contribution in [3.63, 3.8) is 0 Å². The second-order valence-electron chi connectivity index (χ2n) is 7.20. The molecule has 3 nitrogen and oxygen atoms in total. The van der Waals surface area contributed by atoms with Gasteiger partial charge in [0.2, 0.25) is 5.91 Å². The van der Waals surface area contributed by atoms with Crippen LogP contribution in [0.5, 0.6) is 0 Å². The number of amides is 1. The highest BCUT2D eigenvalue weighted by Gasteiger charge is 2.47. The molecule has 2 N–H and O–H groups in total. The Labute approximate surface area is 135 Å². The van der Waals surface area contributed by atoms with E-state index in [9.17, 15) is 4.79 Å². The zero-order valence-corrected chi connectivity index (χ0v) is 13.9. The predicted octanol–water partition coefficient (Wildman–Crippen LogP) is 3.13. The third-order valence-electron chi connectivity index (χ3n) is 5.68. The maximum absolute atomic E-state index is 12.2. The van der Waals surface area contributed by atoms with Crippen molar-refractivity contribution in [3.8, 4) is 0 Å². The monoisotopic (exact) mass is 314 g/mol. The largest absolute Gasteiger partial charge is 0.356 e. The molecule has 0 spiro atoms. The van der Waals surface area contributed by atoms with E-state index in [0.29, 0.717) is 11.8 Å². The summed E-state index contributed by atoms with van der Waals surface area (Å²) in [6.45, 7) is 3.21. The smallest absolute Gasteiger partial charge is 0.223 e. The number of halogens is 1. The zero-order chi connectivity index (χ0) is 13.8. The van der Waals surface area contributed by atoms with Crippen LogP contribution in [0.4, 0.5) is 0 Å². The summed E-state index contributed by atoms with van der Waals surface area (Å²) in [6, 6.07) is 0. The van der Waals surface area contributed by atoms with Gasteiger partial charge < -0.3 is 10.6 Å².